The molecule has 1 heterocycles. The van der Waals surface area contributed by atoms with Gasteiger partial charge in [0.1, 0.15) is 0 Å². The number of rotatable bonds is 10. The van der Waals surface area contributed by atoms with Crippen LogP contribution in [0.5, 0.6) is 0 Å². The SMILES string of the molecule is CCC(CCCN1CCN(Cc2ccccc2NS(C)(=O)=O)CC1)c1ccc(C#N)c(C)c1. The van der Waals surface area contributed by atoms with E-state index in [2.05, 4.69) is 39.6 Å². The molecule has 0 aliphatic carbocycles. The van der Waals surface area contributed by atoms with E-state index >= 15 is 0 Å². The van der Waals surface area contributed by atoms with Crippen LogP contribution in [0.25, 0.3) is 0 Å². The van der Waals surface area contributed by atoms with Gasteiger partial charge in [-0.2, -0.15) is 5.26 Å². The first-order valence-corrected chi connectivity index (χ1v) is 13.7. The van der Waals surface area contributed by atoms with Crippen LogP contribution in [0.4, 0.5) is 5.69 Å². The normalized spacial score (nSPS) is 16.3. The van der Waals surface area contributed by atoms with Crippen LogP contribution in [0.1, 0.15) is 54.4 Å². The van der Waals surface area contributed by atoms with Crippen molar-refractivity contribution in [2.75, 3.05) is 43.7 Å². The van der Waals surface area contributed by atoms with E-state index in [9.17, 15) is 8.42 Å². The molecule has 1 aliphatic rings. The minimum Gasteiger partial charge on any atom is -0.301 e. The van der Waals surface area contributed by atoms with E-state index < -0.39 is 10.0 Å². The maximum atomic E-state index is 11.6. The molecule has 7 heteroatoms. The zero-order valence-electron chi connectivity index (χ0n) is 20.0. The summed E-state index contributed by atoms with van der Waals surface area (Å²) in [5.41, 5.74) is 4.87. The highest BCUT2D eigenvalue weighted by molar-refractivity contribution is 7.92. The maximum Gasteiger partial charge on any atom is 0.229 e. The number of piperazine rings is 1. The molecule has 0 aromatic heterocycles. The molecule has 0 bridgehead atoms. The lowest BCUT2D eigenvalue weighted by Crippen LogP contribution is -2.46. The van der Waals surface area contributed by atoms with Gasteiger partial charge in [0.25, 0.3) is 0 Å². The summed E-state index contributed by atoms with van der Waals surface area (Å²) in [5.74, 6) is 0.538. The van der Waals surface area contributed by atoms with Crippen LogP contribution in [0.3, 0.4) is 0 Å². The van der Waals surface area contributed by atoms with Crippen molar-refractivity contribution in [3.63, 3.8) is 0 Å². The van der Waals surface area contributed by atoms with Gasteiger partial charge in [-0.1, -0.05) is 37.3 Å². The zero-order chi connectivity index (χ0) is 23.8. The van der Waals surface area contributed by atoms with Crippen LogP contribution in [0.2, 0.25) is 0 Å². The highest BCUT2D eigenvalue weighted by Crippen LogP contribution is 2.27. The summed E-state index contributed by atoms with van der Waals surface area (Å²) in [4.78, 5) is 4.93. The molecule has 178 valence electrons. The van der Waals surface area contributed by atoms with Crippen LogP contribution >= 0.6 is 0 Å². The Kier molecular flexibility index (Phi) is 8.90. The number of anilines is 1. The molecular weight excluding hydrogens is 432 g/mol. The van der Waals surface area contributed by atoms with Crippen molar-refractivity contribution in [3.8, 4) is 6.07 Å². The zero-order valence-corrected chi connectivity index (χ0v) is 20.9. The predicted molar refractivity (Wildman–Crippen MR) is 135 cm³/mol. The monoisotopic (exact) mass is 468 g/mol. The molecule has 1 aliphatic heterocycles. The third kappa shape index (κ3) is 7.56. The number of hydrogen-bond donors (Lipinski definition) is 1. The van der Waals surface area contributed by atoms with E-state index in [1.807, 2.05) is 37.3 Å². The number of para-hydroxylation sites is 1. The number of nitrogens with zero attached hydrogens (tertiary/aromatic N) is 3. The van der Waals surface area contributed by atoms with Crippen LogP contribution < -0.4 is 4.72 Å². The lowest BCUT2D eigenvalue weighted by Gasteiger charge is -2.35. The number of nitrogens with one attached hydrogen (secondary N) is 1. The second kappa shape index (κ2) is 11.6. The van der Waals surface area contributed by atoms with E-state index in [1.165, 1.54) is 18.2 Å². The number of benzene rings is 2. The quantitative estimate of drug-likeness (QED) is 0.562. The minimum atomic E-state index is -3.29. The molecule has 0 radical (unpaired) electrons. The summed E-state index contributed by atoms with van der Waals surface area (Å²) in [7, 11) is -3.29. The second-order valence-corrected chi connectivity index (χ2v) is 10.8. The van der Waals surface area contributed by atoms with Gasteiger partial charge in [0.15, 0.2) is 0 Å². The van der Waals surface area contributed by atoms with Gasteiger partial charge in [-0.3, -0.25) is 9.62 Å². The largest absolute Gasteiger partial charge is 0.301 e. The summed E-state index contributed by atoms with van der Waals surface area (Å²) in [5, 5.41) is 9.16. The number of sulfonamides is 1. The predicted octanol–water partition coefficient (Wildman–Crippen LogP) is 4.33. The third-order valence-corrected chi connectivity index (χ3v) is 7.12. The molecule has 0 saturated carbocycles. The van der Waals surface area contributed by atoms with E-state index in [4.69, 9.17) is 5.26 Å². The molecule has 2 aromatic carbocycles. The standard InChI is InChI=1S/C26H36N4O2S/c1-4-22(23-11-12-24(19-27)21(2)18-23)9-7-13-29-14-16-30(17-15-29)20-25-8-5-6-10-26(25)28-33(3,31)32/h5-6,8,10-12,18,22,28H,4,7,9,13-17,20H2,1-3H3. The molecule has 1 fully saturated rings. The van der Waals surface area contributed by atoms with Crippen molar-refractivity contribution in [3.05, 3.63) is 64.7 Å². The van der Waals surface area contributed by atoms with Crippen molar-refractivity contribution in [2.24, 2.45) is 0 Å². The molecule has 1 atom stereocenters. The fourth-order valence-corrected chi connectivity index (χ4v) is 5.20. The van der Waals surface area contributed by atoms with Crippen molar-refractivity contribution < 1.29 is 8.42 Å². The minimum absolute atomic E-state index is 0.538. The number of nitriles is 1. The van der Waals surface area contributed by atoms with Crippen molar-refractivity contribution in [2.45, 2.75) is 45.6 Å². The Morgan fingerprint density at radius 1 is 1.09 bits per heavy atom. The van der Waals surface area contributed by atoms with Crippen LogP contribution in [-0.4, -0.2) is 57.2 Å². The van der Waals surface area contributed by atoms with Crippen molar-refractivity contribution >= 4 is 15.7 Å². The molecular formula is C26H36N4O2S. The Balaban J connectivity index is 1.45. The molecule has 6 nitrogen and oxygen atoms in total. The van der Waals surface area contributed by atoms with E-state index in [1.54, 1.807) is 0 Å². The second-order valence-electron chi connectivity index (χ2n) is 9.08. The molecule has 1 saturated heterocycles. The van der Waals surface area contributed by atoms with Gasteiger partial charge in [0.05, 0.1) is 23.6 Å². The van der Waals surface area contributed by atoms with Gasteiger partial charge in [0, 0.05) is 32.7 Å². The first kappa shape index (κ1) is 25.2. The summed E-state index contributed by atoms with van der Waals surface area (Å²) in [6.07, 6.45) is 4.62. The Morgan fingerprint density at radius 3 is 2.42 bits per heavy atom. The molecule has 0 spiro atoms. The molecule has 1 N–H and O–H groups in total. The fraction of sp³-hybridized carbons (Fsp3) is 0.500. The van der Waals surface area contributed by atoms with Gasteiger partial charge in [-0.05, 0) is 67.5 Å². The van der Waals surface area contributed by atoms with Gasteiger partial charge in [-0.15, -0.1) is 0 Å². The van der Waals surface area contributed by atoms with Crippen molar-refractivity contribution in [1.82, 2.24) is 9.80 Å². The Hall–Kier alpha value is -2.40. The smallest absolute Gasteiger partial charge is 0.229 e. The first-order valence-electron chi connectivity index (χ1n) is 11.8. The number of aryl methyl sites for hydroxylation is 1. The third-order valence-electron chi connectivity index (χ3n) is 6.53. The topological polar surface area (TPSA) is 76.4 Å². The fourth-order valence-electron chi connectivity index (χ4n) is 4.60. The molecule has 2 aromatic rings. The van der Waals surface area contributed by atoms with Gasteiger partial charge in [0.2, 0.25) is 10.0 Å². The lowest BCUT2D eigenvalue weighted by molar-refractivity contribution is 0.125. The lowest BCUT2D eigenvalue weighted by atomic mass is 9.90. The summed E-state index contributed by atoms with van der Waals surface area (Å²) < 4.78 is 25.9. The molecule has 1 unspecified atom stereocenters. The van der Waals surface area contributed by atoms with Crippen LogP contribution in [-0.2, 0) is 16.6 Å². The van der Waals surface area contributed by atoms with Crippen LogP contribution in [0.15, 0.2) is 42.5 Å². The average Bonchev–Trinajstić information content (AvgIpc) is 2.78. The molecule has 0 amide bonds. The maximum absolute atomic E-state index is 11.6. The highest BCUT2D eigenvalue weighted by Gasteiger charge is 2.19. The average molecular weight is 469 g/mol. The highest BCUT2D eigenvalue weighted by atomic mass is 32.2. The first-order chi connectivity index (χ1) is 15.8. The van der Waals surface area contributed by atoms with Crippen LogP contribution in [0, 0.1) is 18.3 Å². The summed E-state index contributed by atoms with van der Waals surface area (Å²) in [6, 6.07) is 16.2. The number of hydrogen-bond acceptors (Lipinski definition) is 5. The molecule has 3 rings (SSSR count). The summed E-state index contributed by atoms with van der Waals surface area (Å²) >= 11 is 0. The van der Waals surface area contributed by atoms with Gasteiger partial charge in [-0.25, -0.2) is 8.42 Å². The van der Waals surface area contributed by atoms with Gasteiger partial charge < -0.3 is 4.90 Å². The van der Waals surface area contributed by atoms with E-state index in [-0.39, 0.29) is 0 Å². The van der Waals surface area contributed by atoms with E-state index in [0.29, 0.717) is 11.6 Å². The Morgan fingerprint density at radius 2 is 1.79 bits per heavy atom. The summed E-state index contributed by atoms with van der Waals surface area (Å²) in [6.45, 7) is 10.2. The van der Waals surface area contributed by atoms with Gasteiger partial charge >= 0.3 is 0 Å². The van der Waals surface area contributed by atoms with E-state index in [0.717, 1.165) is 68.8 Å². The Labute approximate surface area is 199 Å². The van der Waals surface area contributed by atoms with Crippen molar-refractivity contribution in [1.29, 1.82) is 5.26 Å². The molecule has 33 heavy (non-hydrogen) atoms. The Bertz CT molecular complexity index is 1070.